The number of para-hydroxylation sites is 1. The summed E-state index contributed by atoms with van der Waals surface area (Å²) in [6.07, 6.45) is 1.40. The van der Waals surface area contributed by atoms with Crippen LogP contribution in [0.1, 0.15) is 21.6 Å². The molecule has 0 unspecified atom stereocenters. The number of aromatic nitrogens is 1. The first-order chi connectivity index (χ1) is 8.70. The average molecular weight is 237 g/mol. The van der Waals surface area contributed by atoms with E-state index < -0.39 is 0 Å². The predicted octanol–water partition coefficient (Wildman–Crippen LogP) is 2.51. The quantitative estimate of drug-likeness (QED) is 0.872. The van der Waals surface area contributed by atoms with Gasteiger partial charge in [0.1, 0.15) is 11.8 Å². The summed E-state index contributed by atoms with van der Waals surface area (Å²) in [6, 6.07) is 12.5. The standard InChI is InChI=1S/C14H11N3O/c1-10-4-2-3-5-13(10)17-14(18)11-6-7-12(8-15)16-9-11/h2-7,9H,1H3,(H,17,18). The highest BCUT2D eigenvalue weighted by Crippen LogP contribution is 2.14. The number of nitrogens with one attached hydrogen (secondary N) is 1. The molecule has 0 saturated heterocycles. The van der Waals surface area contributed by atoms with Crippen molar-refractivity contribution in [3.63, 3.8) is 0 Å². The van der Waals surface area contributed by atoms with E-state index in [0.29, 0.717) is 11.3 Å². The zero-order valence-electron chi connectivity index (χ0n) is 9.84. The first-order valence-electron chi connectivity index (χ1n) is 5.44. The lowest BCUT2D eigenvalue weighted by Crippen LogP contribution is -2.13. The fourth-order valence-corrected chi connectivity index (χ4v) is 1.50. The number of nitrogens with zero attached hydrogens (tertiary/aromatic N) is 2. The fourth-order valence-electron chi connectivity index (χ4n) is 1.50. The topological polar surface area (TPSA) is 65.8 Å². The van der Waals surface area contributed by atoms with Crippen LogP contribution in [0.5, 0.6) is 0 Å². The minimum absolute atomic E-state index is 0.235. The van der Waals surface area contributed by atoms with E-state index in [2.05, 4.69) is 10.3 Å². The Labute approximate surface area is 105 Å². The van der Waals surface area contributed by atoms with Crippen LogP contribution < -0.4 is 5.32 Å². The molecule has 0 radical (unpaired) electrons. The Bertz CT molecular complexity index is 612. The first-order valence-corrected chi connectivity index (χ1v) is 5.44. The number of pyridine rings is 1. The number of carbonyl (C=O) groups excluding carboxylic acids is 1. The monoisotopic (exact) mass is 237 g/mol. The molecule has 88 valence electrons. The van der Waals surface area contributed by atoms with Crippen molar-refractivity contribution in [3.8, 4) is 6.07 Å². The van der Waals surface area contributed by atoms with Gasteiger partial charge < -0.3 is 5.32 Å². The van der Waals surface area contributed by atoms with E-state index in [1.807, 2.05) is 37.3 Å². The van der Waals surface area contributed by atoms with Crippen LogP contribution >= 0.6 is 0 Å². The van der Waals surface area contributed by atoms with Crippen molar-refractivity contribution < 1.29 is 4.79 Å². The molecule has 1 heterocycles. The van der Waals surface area contributed by atoms with E-state index in [9.17, 15) is 4.79 Å². The normalized spacial score (nSPS) is 9.56. The Morgan fingerprint density at radius 1 is 1.28 bits per heavy atom. The summed E-state index contributed by atoms with van der Waals surface area (Å²) >= 11 is 0. The highest BCUT2D eigenvalue weighted by atomic mass is 16.1. The SMILES string of the molecule is Cc1ccccc1NC(=O)c1ccc(C#N)nc1. The fraction of sp³-hybridized carbons (Fsp3) is 0.0714. The molecule has 2 aromatic rings. The van der Waals surface area contributed by atoms with Gasteiger partial charge in [0.25, 0.3) is 5.91 Å². The molecule has 0 spiro atoms. The van der Waals surface area contributed by atoms with Gasteiger partial charge in [0, 0.05) is 11.9 Å². The van der Waals surface area contributed by atoms with E-state index in [1.165, 1.54) is 12.3 Å². The average Bonchev–Trinajstić information content (AvgIpc) is 2.41. The number of benzene rings is 1. The van der Waals surface area contributed by atoms with Crippen LogP contribution in [0.4, 0.5) is 5.69 Å². The Kier molecular flexibility index (Phi) is 3.35. The predicted molar refractivity (Wildman–Crippen MR) is 68.1 cm³/mol. The zero-order valence-corrected chi connectivity index (χ0v) is 9.84. The van der Waals surface area contributed by atoms with Gasteiger partial charge in [-0.25, -0.2) is 4.98 Å². The van der Waals surface area contributed by atoms with E-state index in [1.54, 1.807) is 6.07 Å². The molecule has 0 bridgehead atoms. The van der Waals surface area contributed by atoms with Gasteiger partial charge in [-0.1, -0.05) is 18.2 Å². The van der Waals surface area contributed by atoms with Gasteiger partial charge in [0.15, 0.2) is 0 Å². The molecule has 0 aliphatic rings. The van der Waals surface area contributed by atoms with Gasteiger partial charge in [-0.05, 0) is 30.7 Å². The maximum absolute atomic E-state index is 11.9. The molecular weight excluding hydrogens is 226 g/mol. The minimum Gasteiger partial charge on any atom is -0.322 e. The molecule has 0 fully saturated rings. The summed E-state index contributed by atoms with van der Waals surface area (Å²) in [5.74, 6) is -0.235. The Morgan fingerprint density at radius 3 is 2.67 bits per heavy atom. The van der Waals surface area contributed by atoms with Crippen molar-refractivity contribution in [2.75, 3.05) is 5.32 Å². The van der Waals surface area contributed by atoms with Crippen LogP contribution in [0, 0.1) is 18.3 Å². The molecule has 2 rings (SSSR count). The minimum atomic E-state index is -0.235. The molecule has 18 heavy (non-hydrogen) atoms. The van der Waals surface area contributed by atoms with Crippen molar-refractivity contribution in [2.24, 2.45) is 0 Å². The van der Waals surface area contributed by atoms with Crippen molar-refractivity contribution in [2.45, 2.75) is 6.92 Å². The molecule has 0 saturated carbocycles. The number of rotatable bonds is 2. The van der Waals surface area contributed by atoms with E-state index in [-0.39, 0.29) is 5.91 Å². The van der Waals surface area contributed by atoms with Crippen LogP contribution in [0.25, 0.3) is 0 Å². The lowest BCUT2D eigenvalue weighted by molar-refractivity contribution is 0.102. The van der Waals surface area contributed by atoms with Gasteiger partial charge in [0.2, 0.25) is 0 Å². The molecule has 4 nitrogen and oxygen atoms in total. The lowest BCUT2D eigenvalue weighted by atomic mass is 10.2. The van der Waals surface area contributed by atoms with E-state index in [4.69, 9.17) is 5.26 Å². The summed E-state index contributed by atoms with van der Waals surface area (Å²) in [5.41, 5.74) is 2.49. The van der Waals surface area contributed by atoms with Crippen molar-refractivity contribution in [3.05, 3.63) is 59.4 Å². The maximum atomic E-state index is 11.9. The number of hydrogen-bond acceptors (Lipinski definition) is 3. The van der Waals surface area contributed by atoms with E-state index in [0.717, 1.165) is 11.3 Å². The molecule has 0 atom stereocenters. The lowest BCUT2D eigenvalue weighted by Gasteiger charge is -2.07. The molecule has 0 aliphatic heterocycles. The maximum Gasteiger partial charge on any atom is 0.257 e. The summed E-state index contributed by atoms with van der Waals surface area (Å²) in [6.45, 7) is 1.92. The second-order valence-electron chi connectivity index (χ2n) is 3.81. The summed E-state index contributed by atoms with van der Waals surface area (Å²) in [7, 11) is 0. The second-order valence-corrected chi connectivity index (χ2v) is 3.81. The highest BCUT2D eigenvalue weighted by molar-refractivity contribution is 6.04. The van der Waals surface area contributed by atoms with Gasteiger partial charge >= 0.3 is 0 Å². The zero-order chi connectivity index (χ0) is 13.0. The number of amides is 1. The number of nitriles is 1. The van der Waals surface area contributed by atoms with Crippen LogP contribution in [-0.2, 0) is 0 Å². The number of anilines is 1. The van der Waals surface area contributed by atoms with Gasteiger partial charge in [0.05, 0.1) is 5.56 Å². The Balaban J connectivity index is 2.17. The molecule has 1 aromatic carbocycles. The smallest absolute Gasteiger partial charge is 0.257 e. The molecule has 0 aliphatic carbocycles. The molecular formula is C14H11N3O. The number of hydrogen-bond donors (Lipinski definition) is 1. The summed E-state index contributed by atoms with van der Waals surface area (Å²) in [4.78, 5) is 15.8. The van der Waals surface area contributed by atoms with Gasteiger partial charge in [-0.15, -0.1) is 0 Å². The van der Waals surface area contributed by atoms with E-state index >= 15 is 0 Å². The summed E-state index contributed by atoms with van der Waals surface area (Å²) < 4.78 is 0. The summed E-state index contributed by atoms with van der Waals surface area (Å²) in [5, 5.41) is 11.4. The Hall–Kier alpha value is -2.67. The Morgan fingerprint density at radius 2 is 2.06 bits per heavy atom. The largest absolute Gasteiger partial charge is 0.322 e. The molecule has 4 heteroatoms. The third-order valence-corrected chi connectivity index (χ3v) is 2.53. The van der Waals surface area contributed by atoms with Crippen LogP contribution in [-0.4, -0.2) is 10.9 Å². The highest BCUT2D eigenvalue weighted by Gasteiger charge is 2.07. The van der Waals surface area contributed by atoms with Crippen LogP contribution in [0.2, 0.25) is 0 Å². The van der Waals surface area contributed by atoms with Crippen molar-refractivity contribution in [1.82, 2.24) is 4.98 Å². The van der Waals surface area contributed by atoms with Crippen molar-refractivity contribution >= 4 is 11.6 Å². The molecule has 1 N–H and O–H groups in total. The number of aryl methyl sites for hydroxylation is 1. The van der Waals surface area contributed by atoms with Crippen molar-refractivity contribution in [1.29, 1.82) is 5.26 Å². The van der Waals surface area contributed by atoms with Crippen LogP contribution in [0.3, 0.4) is 0 Å². The van der Waals surface area contributed by atoms with Crippen LogP contribution in [0.15, 0.2) is 42.6 Å². The second kappa shape index (κ2) is 5.11. The molecule has 1 aromatic heterocycles. The van der Waals surface area contributed by atoms with Gasteiger partial charge in [-0.2, -0.15) is 5.26 Å². The van der Waals surface area contributed by atoms with Gasteiger partial charge in [-0.3, -0.25) is 4.79 Å². The molecule has 1 amide bonds. The third kappa shape index (κ3) is 2.53. The third-order valence-electron chi connectivity index (χ3n) is 2.53. The number of carbonyl (C=O) groups is 1. The first kappa shape index (κ1) is 11.8.